The van der Waals surface area contributed by atoms with Crippen LogP contribution in [-0.4, -0.2) is 19.0 Å². The number of carbonyl (C=O) groups excluding carboxylic acids is 2. The lowest BCUT2D eigenvalue weighted by atomic mass is 10.2. The van der Waals surface area contributed by atoms with Crippen molar-refractivity contribution >= 4 is 29.0 Å². The van der Waals surface area contributed by atoms with Crippen LogP contribution in [-0.2, 0) is 0 Å². The van der Waals surface area contributed by atoms with Crippen molar-refractivity contribution in [2.24, 2.45) is 0 Å². The van der Waals surface area contributed by atoms with Crippen LogP contribution in [0.1, 0.15) is 10.4 Å². The van der Waals surface area contributed by atoms with Gasteiger partial charge in [-0.3, -0.25) is 4.79 Å². The van der Waals surface area contributed by atoms with Crippen molar-refractivity contribution in [3.8, 4) is 5.75 Å². The van der Waals surface area contributed by atoms with E-state index in [4.69, 9.17) is 4.74 Å². The predicted molar refractivity (Wildman–Crippen MR) is 106 cm³/mol. The second kappa shape index (κ2) is 8.53. The van der Waals surface area contributed by atoms with Gasteiger partial charge in [0.2, 0.25) is 0 Å². The quantitative estimate of drug-likeness (QED) is 0.622. The maximum Gasteiger partial charge on any atom is 0.323 e. The second-order valence-corrected chi connectivity index (χ2v) is 5.71. The summed E-state index contributed by atoms with van der Waals surface area (Å²) in [6.07, 6.45) is 0. The molecule has 0 aliphatic rings. The topological polar surface area (TPSA) is 79.5 Å². The SMILES string of the molecule is COc1ccc(C(=O)Nc2cccc(NC(=O)Nc3ccccc3)c2)cc1. The van der Waals surface area contributed by atoms with Crippen LogP contribution in [0, 0.1) is 0 Å². The van der Waals surface area contributed by atoms with E-state index in [1.165, 1.54) is 0 Å². The Kier molecular flexibility index (Phi) is 5.69. The average molecular weight is 361 g/mol. The Hall–Kier alpha value is -3.80. The van der Waals surface area contributed by atoms with Gasteiger partial charge in [-0.25, -0.2) is 4.79 Å². The molecule has 0 unspecified atom stereocenters. The molecule has 0 aliphatic heterocycles. The second-order valence-electron chi connectivity index (χ2n) is 5.71. The number of ether oxygens (including phenoxy) is 1. The maximum absolute atomic E-state index is 12.3. The number of rotatable bonds is 5. The van der Waals surface area contributed by atoms with Crippen LogP contribution in [0.5, 0.6) is 5.75 Å². The van der Waals surface area contributed by atoms with Crippen molar-refractivity contribution in [3.63, 3.8) is 0 Å². The first-order valence-corrected chi connectivity index (χ1v) is 8.32. The summed E-state index contributed by atoms with van der Waals surface area (Å²) in [7, 11) is 1.57. The number of para-hydroxylation sites is 1. The summed E-state index contributed by atoms with van der Waals surface area (Å²) in [5.41, 5.74) is 2.35. The van der Waals surface area contributed by atoms with Gasteiger partial charge in [-0.1, -0.05) is 24.3 Å². The van der Waals surface area contributed by atoms with E-state index >= 15 is 0 Å². The highest BCUT2D eigenvalue weighted by Crippen LogP contribution is 2.18. The number of amides is 3. The lowest BCUT2D eigenvalue weighted by Crippen LogP contribution is -2.19. The van der Waals surface area contributed by atoms with Crippen LogP contribution < -0.4 is 20.7 Å². The fourth-order valence-electron chi connectivity index (χ4n) is 2.44. The van der Waals surface area contributed by atoms with Crippen LogP contribution in [0.3, 0.4) is 0 Å². The third kappa shape index (κ3) is 5.09. The zero-order valence-electron chi connectivity index (χ0n) is 14.7. The highest BCUT2D eigenvalue weighted by Gasteiger charge is 2.08. The summed E-state index contributed by atoms with van der Waals surface area (Å²) in [4.78, 5) is 24.4. The van der Waals surface area contributed by atoms with Crippen molar-refractivity contribution < 1.29 is 14.3 Å². The molecule has 0 bridgehead atoms. The molecule has 3 rings (SSSR count). The van der Waals surface area contributed by atoms with Crippen LogP contribution in [0.2, 0.25) is 0 Å². The summed E-state index contributed by atoms with van der Waals surface area (Å²) in [6, 6.07) is 22.5. The molecule has 3 aromatic rings. The van der Waals surface area contributed by atoms with Gasteiger partial charge in [0, 0.05) is 22.6 Å². The van der Waals surface area contributed by atoms with Gasteiger partial charge in [0.05, 0.1) is 7.11 Å². The summed E-state index contributed by atoms with van der Waals surface area (Å²) >= 11 is 0. The van der Waals surface area contributed by atoms with Gasteiger partial charge in [0.25, 0.3) is 5.91 Å². The van der Waals surface area contributed by atoms with Crippen LogP contribution in [0.15, 0.2) is 78.9 Å². The number of hydrogen-bond donors (Lipinski definition) is 3. The molecule has 3 amide bonds. The maximum atomic E-state index is 12.3. The van der Waals surface area contributed by atoms with E-state index in [0.717, 1.165) is 0 Å². The molecule has 3 N–H and O–H groups in total. The minimum atomic E-state index is -0.361. The van der Waals surface area contributed by atoms with E-state index in [1.807, 2.05) is 18.2 Å². The number of urea groups is 1. The zero-order valence-corrected chi connectivity index (χ0v) is 14.7. The number of benzene rings is 3. The van der Waals surface area contributed by atoms with Crippen LogP contribution >= 0.6 is 0 Å². The van der Waals surface area contributed by atoms with Gasteiger partial charge in [0.1, 0.15) is 5.75 Å². The predicted octanol–water partition coefficient (Wildman–Crippen LogP) is 4.59. The third-order valence-corrected chi connectivity index (χ3v) is 3.76. The molecule has 0 aliphatic carbocycles. The van der Waals surface area contributed by atoms with E-state index in [9.17, 15) is 9.59 Å². The molecule has 0 atom stereocenters. The Bertz CT molecular complexity index is 925. The molecular weight excluding hydrogens is 342 g/mol. The molecule has 0 spiro atoms. The minimum absolute atomic E-state index is 0.247. The van der Waals surface area contributed by atoms with Gasteiger partial charge < -0.3 is 20.7 Å². The molecule has 6 heteroatoms. The van der Waals surface area contributed by atoms with E-state index in [2.05, 4.69) is 16.0 Å². The first-order valence-electron chi connectivity index (χ1n) is 8.32. The largest absolute Gasteiger partial charge is 0.497 e. The molecule has 0 aromatic heterocycles. The van der Waals surface area contributed by atoms with Crippen LogP contribution in [0.25, 0.3) is 0 Å². The van der Waals surface area contributed by atoms with E-state index in [-0.39, 0.29) is 11.9 Å². The van der Waals surface area contributed by atoms with Crippen molar-refractivity contribution in [2.45, 2.75) is 0 Å². The fraction of sp³-hybridized carbons (Fsp3) is 0.0476. The molecule has 0 saturated carbocycles. The Balaban J connectivity index is 1.62. The average Bonchev–Trinajstić information content (AvgIpc) is 2.69. The monoisotopic (exact) mass is 361 g/mol. The van der Waals surface area contributed by atoms with Gasteiger partial charge in [-0.2, -0.15) is 0 Å². The molecule has 0 heterocycles. The van der Waals surface area contributed by atoms with Crippen molar-refractivity contribution in [1.29, 1.82) is 0 Å². The standard InChI is InChI=1S/C21H19N3O3/c1-27-19-12-10-15(11-13-19)20(25)22-17-8-5-9-18(14-17)24-21(26)23-16-6-3-2-4-7-16/h2-14H,1H3,(H,22,25)(H2,23,24,26). The third-order valence-electron chi connectivity index (χ3n) is 3.76. The molecular formula is C21H19N3O3. The summed E-state index contributed by atoms with van der Waals surface area (Å²) < 4.78 is 5.08. The van der Waals surface area contributed by atoms with E-state index in [1.54, 1.807) is 67.8 Å². The summed E-state index contributed by atoms with van der Waals surface area (Å²) in [5.74, 6) is 0.436. The zero-order chi connectivity index (χ0) is 19.1. The first kappa shape index (κ1) is 18.0. The van der Waals surface area contributed by atoms with Gasteiger partial charge in [0.15, 0.2) is 0 Å². The number of carbonyl (C=O) groups is 2. The summed E-state index contributed by atoms with van der Waals surface area (Å²) in [6.45, 7) is 0. The van der Waals surface area contributed by atoms with Crippen LogP contribution in [0.4, 0.5) is 21.9 Å². The molecule has 6 nitrogen and oxygen atoms in total. The number of methoxy groups -OCH3 is 1. The Labute approximate surface area is 157 Å². The number of nitrogens with one attached hydrogen (secondary N) is 3. The Morgan fingerprint density at radius 2 is 1.30 bits per heavy atom. The molecule has 3 aromatic carbocycles. The molecule has 136 valence electrons. The Morgan fingerprint density at radius 1 is 0.704 bits per heavy atom. The molecule has 0 radical (unpaired) electrons. The smallest absolute Gasteiger partial charge is 0.323 e. The first-order chi connectivity index (χ1) is 13.1. The van der Waals surface area contributed by atoms with Crippen molar-refractivity contribution in [1.82, 2.24) is 0 Å². The van der Waals surface area contributed by atoms with Gasteiger partial charge >= 0.3 is 6.03 Å². The molecule has 0 fully saturated rings. The van der Waals surface area contributed by atoms with E-state index in [0.29, 0.717) is 28.4 Å². The summed E-state index contributed by atoms with van der Waals surface area (Å²) in [5, 5.41) is 8.29. The lowest BCUT2D eigenvalue weighted by molar-refractivity contribution is 0.102. The normalized spacial score (nSPS) is 9.96. The molecule has 27 heavy (non-hydrogen) atoms. The fourth-order valence-corrected chi connectivity index (χ4v) is 2.44. The number of hydrogen-bond acceptors (Lipinski definition) is 3. The van der Waals surface area contributed by atoms with Gasteiger partial charge in [-0.15, -0.1) is 0 Å². The van der Waals surface area contributed by atoms with Crippen molar-refractivity contribution in [2.75, 3.05) is 23.1 Å². The minimum Gasteiger partial charge on any atom is -0.497 e. The van der Waals surface area contributed by atoms with Crippen molar-refractivity contribution in [3.05, 3.63) is 84.4 Å². The highest BCUT2D eigenvalue weighted by atomic mass is 16.5. The molecule has 0 saturated heterocycles. The lowest BCUT2D eigenvalue weighted by Gasteiger charge is -2.10. The van der Waals surface area contributed by atoms with Gasteiger partial charge in [-0.05, 0) is 54.6 Å². The number of anilines is 3. The van der Waals surface area contributed by atoms with E-state index < -0.39 is 0 Å². The Morgan fingerprint density at radius 3 is 1.96 bits per heavy atom. The highest BCUT2D eigenvalue weighted by molar-refractivity contribution is 6.05.